The second-order valence-corrected chi connectivity index (χ2v) is 18.1. The van der Waals surface area contributed by atoms with Crippen molar-refractivity contribution in [2.45, 2.75) is 14.9 Å². The number of aromatic nitrogens is 2. The lowest BCUT2D eigenvalue weighted by Crippen LogP contribution is -2.37. The molecule has 0 spiro atoms. The van der Waals surface area contributed by atoms with E-state index in [1.807, 2.05) is 35.8 Å². The number of nitrogens with one attached hydrogen (secondary N) is 5. The number of aliphatic imine (C=N–C) groups is 1. The molecule has 19 heteroatoms. The van der Waals surface area contributed by atoms with Crippen LogP contribution >= 0.6 is 62.5 Å². The summed E-state index contributed by atoms with van der Waals surface area (Å²) in [6.07, 6.45) is 2.87. The van der Waals surface area contributed by atoms with Crippen LogP contribution in [-0.2, 0) is 0 Å². The molecule has 1 fully saturated rings. The lowest BCUT2D eigenvalue weighted by atomic mass is 10.1. The molecule has 0 bridgehead atoms. The number of rotatable bonds is 10. The Morgan fingerprint density at radius 2 is 1.09 bits per heavy atom. The maximum absolute atomic E-state index is 12.9. The largest absolute Gasteiger partial charge is 0.358 e. The zero-order valence-electron chi connectivity index (χ0n) is 35.1. The first-order valence-electron chi connectivity index (χ1n) is 20.3. The molecule has 14 nitrogen and oxygen atoms in total. The fourth-order valence-electron chi connectivity index (χ4n) is 6.65. The Kier molecular flexibility index (Phi) is 19.1. The standard InChI is InChI=1S/C24H21Cl2N5O2S.C23H19BrClN5O2.2CH4/c25-17-5-7-20(19(13-17)24(33)30-21-8-6-18(26)14-28-21)29-23(32)16-3-1-15(2-4-16)22(27)31-9-11-34-12-10-31;1-30-11-10-26-21(30)14-2-4-15(5-3-14)22(31)28-19-8-6-16(24)12-18(19)23(32)29-20-9-7-17(25)13-27-20;;/h1-8,13-14,27H,9-12H2,(H,29,32)(H,28,30,33);2-9,12-13H,10-11H2,1H3,(H,28,31)(H,27,29,32);2*1H4. The molecule has 0 radical (unpaired) electrons. The van der Waals surface area contributed by atoms with Crippen LogP contribution in [-0.4, -0.2) is 99.8 Å². The zero-order chi connectivity index (χ0) is 46.7. The van der Waals surface area contributed by atoms with E-state index in [4.69, 9.17) is 40.2 Å². The second-order valence-electron chi connectivity index (χ2n) is 14.6. The van der Waals surface area contributed by atoms with Crippen LogP contribution in [0.2, 0.25) is 15.1 Å². The summed E-state index contributed by atoms with van der Waals surface area (Å²) in [6.45, 7) is 3.35. The van der Waals surface area contributed by atoms with Gasteiger partial charge in [0, 0.05) is 82.3 Å². The molecule has 4 aromatic carbocycles. The highest BCUT2D eigenvalue weighted by Crippen LogP contribution is 2.26. The number of thioether (sulfide) groups is 1. The predicted octanol–water partition coefficient (Wildman–Crippen LogP) is 11.2. The Labute approximate surface area is 422 Å². The molecule has 352 valence electrons. The van der Waals surface area contributed by atoms with E-state index >= 15 is 0 Å². The van der Waals surface area contributed by atoms with Crippen molar-refractivity contribution in [1.82, 2.24) is 19.8 Å². The summed E-state index contributed by atoms with van der Waals surface area (Å²) < 4.78 is 0.704. The van der Waals surface area contributed by atoms with E-state index in [1.165, 1.54) is 18.5 Å². The maximum Gasteiger partial charge on any atom is 0.258 e. The number of pyridine rings is 2. The van der Waals surface area contributed by atoms with E-state index in [0.717, 1.165) is 54.6 Å². The summed E-state index contributed by atoms with van der Waals surface area (Å²) in [6, 6.07) is 30.2. The molecule has 0 atom stereocenters. The SMILES string of the molecule is C.C.CN1CCN=C1c1ccc(C(=O)Nc2ccc(Br)cc2C(=O)Nc2ccc(Cl)cn2)cc1.N=C(c1ccc(C(=O)Nc2ccc(Cl)cc2C(=O)Nc2ccc(Cl)cn2)cc1)N1CCSCC1. The van der Waals surface area contributed by atoms with Crippen molar-refractivity contribution in [2.24, 2.45) is 4.99 Å². The molecule has 5 N–H and O–H groups in total. The van der Waals surface area contributed by atoms with Gasteiger partial charge in [-0.3, -0.25) is 29.6 Å². The van der Waals surface area contributed by atoms with Crippen LogP contribution in [0.4, 0.5) is 23.0 Å². The topological polar surface area (TPSA) is 185 Å². The van der Waals surface area contributed by atoms with Crippen LogP contribution in [0.25, 0.3) is 0 Å². The van der Waals surface area contributed by atoms with Crippen LogP contribution in [0.15, 0.2) is 131 Å². The fourth-order valence-corrected chi connectivity index (χ4v) is 8.31. The number of amides is 4. The van der Waals surface area contributed by atoms with Gasteiger partial charge in [-0.2, -0.15) is 11.8 Å². The monoisotopic (exact) mass is 1060 g/mol. The van der Waals surface area contributed by atoms with Gasteiger partial charge in [-0.25, -0.2) is 9.97 Å². The minimum Gasteiger partial charge on any atom is -0.358 e. The van der Waals surface area contributed by atoms with E-state index in [9.17, 15) is 19.2 Å². The van der Waals surface area contributed by atoms with Crippen molar-refractivity contribution in [2.75, 3.05) is 66.0 Å². The third-order valence-electron chi connectivity index (χ3n) is 10.1. The summed E-state index contributed by atoms with van der Waals surface area (Å²) in [5.74, 6) is 2.48. The van der Waals surface area contributed by atoms with Gasteiger partial charge in [0.25, 0.3) is 23.6 Å². The van der Waals surface area contributed by atoms with Gasteiger partial charge < -0.3 is 31.1 Å². The summed E-state index contributed by atoms with van der Waals surface area (Å²) in [5, 5.41) is 20.7. The molecule has 4 amide bonds. The number of hydrogen-bond donors (Lipinski definition) is 5. The summed E-state index contributed by atoms with van der Waals surface area (Å²) >= 11 is 23.0. The van der Waals surface area contributed by atoms with Crippen molar-refractivity contribution < 1.29 is 19.2 Å². The van der Waals surface area contributed by atoms with Crippen molar-refractivity contribution in [3.05, 3.63) is 175 Å². The molecule has 68 heavy (non-hydrogen) atoms. The normalized spacial score (nSPS) is 12.8. The summed E-state index contributed by atoms with van der Waals surface area (Å²) in [4.78, 5) is 68.1. The molecule has 0 unspecified atom stereocenters. The van der Waals surface area contributed by atoms with Gasteiger partial charge in [-0.1, -0.05) is 89.9 Å². The third-order valence-corrected chi connectivity index (χ3v) is 12.2. The molecular formula is C49H48BrCl3N10O4S. The second kappa shape index (κ2) is 24.6. The van der Waals surface area contributed by atoms with Crippen molar-refractivity contribution in [3.8, 4) is 0 Å². The summed E-state index contributed by atoms with van der Waals surface area (Å²) in [5.41, 5.74) is 3.78. The van der Waals surface area contributed by atoms with E-state index < -0.39 is 11.8 Å². The van der Waals surface area contributed by atoms with Gasteiger partial charge in [0.15, 0.2) is 0 Å². The van der Waals surface area contributed by atoms with Gasteiger partial charge >= 0.3 is 0 Å². The molecule has 4 heterocycles. The quantitative estimate of drug-likeness (QED) is 0.0658. The molecule has 8 rings (SSSR count). The smallest absolute Gasteiger partial charge is 0.258 e. The number of hydrogen-bond acceptors (Lipinski definition) is 10. The molecule has 0 saturated carbocycles. The van der Waals surface area contributed by atoms with Gasteiger partial charge in [0.05, 0.1) is 39.1 Å². The van der Waals surface area contributed by atoms with Crippen LogP contribution in [0.5, 0.6) is 0 Å². The van der Waals surface area contributed by atoms with E-state index in [2.05, 4.69) is 57.1 Å². The number of benzene rings is 4. The van der Waals surface area contributed by atoms with Crippen LogP contribution in [0.1, 0.15) is 67.4 Å². The number of anilines is 4. The highest BCUT2D eigenvalue weighted by atomic mass is 79.9. The lowest BCUT2D eigenvalue weighted by Gasteiger charge is -2.28. The van der Waals surface area contributed by atoms with Crippen LogP contribution in [0.3, 0.4) is 0 Å². The number of amidine groups is 2. The van der Waals surface area contributed by atoms with E-state index in [-0.39, 0.29) is 32.2 Å². The number of halogens is 4. The molecular weight excluding hydrogens is 1010 g/mol. The Morgan fingerprint density at radius 3 is 1.59 bits per heavy atom. The number of carbonyl (C=O) groups excluding carboxylic acids is 4. The average Bonchev–Trinajstić information content (AvgIpc) is 3.77. The van der Waals surface area contributed by atoms with Crippen LogP contribution in [0, 0.1) is 5.41 Å². The van der Waals surface area contributed by atoms with E-state index in [1.54, 1.807) is 91.0 Å². The van der Waals surface area contributed by atoms with Gasteiger partial charge in [0.1, 0.15) is 23.3 Å². The van der Waals surface area contributed by atoms with Crippen molar-refractivity contribution >= 4 is 121 Å². The summed E-state index contributed by atoms with van der Waals surface area (Å²) in [7, 11) is 1.99. The fraction of sp³-hybridized carbons (Fsp3) is 0.184. The van der Waals surface area contributed by atoms with Crippen molar-refractivity contribution in [1.29, 1.82) is 5.41 Å². The highest BCUT2D eigenvalue weighted by molar-refractivity contribution is 9.10. The van der Waals surface area contributed by atoms with Gasteiger partial charge in [0.2, 0.25) is 0 Å². The molecule has 1 saturated heterocycles. The van der Waals surface area contributed by atoms with Crippen molar-refractivity contribution in [3.63, 3.8) is 0 Å². The molecule has 0 aliphatic carbocycles. The Morgan fingerprint density at radius 1 is 0.603 bits per heavy atom. The maximum atomic E-state index is 12.9. The molecule has 2 aliphatic heterocycles. The first-order chi connectivity index (χ1) is 31.8. The molecule has 2 aromatic heterocycles. The average molecular weight is 1060 g/mol. The minimum atomic E-state index is -0.476. The first kappa shape index (κ1) is 52.7. The number of nitrogens with zero attached hydrogens (tertiary/aromatic N) is 5. The predicted molar refractivity (Wildman–Crippen MR) is 282 cm³/mol. The van der Waals surface area contributed by atoms with E-state index in [0.29, 0.717) is 65.1 Å². The zero-order valence-corrected chi connectivity index (χ0v) is 39.7. The number of likely N-dealkylation sites (N-methyl/N-ethyl adjacent to an activating group) is 1. The lowest BCUT2D eigenvalue weighted by molar-refractivity contribution is 0.101. The third kappa shape index (κ3) is 13.9. The van der Waals surface area contributed by atoms with Gasteiger partial charge in [-0.05, 0) is 84.9 Å². The Hall–Kier alpha value is -6.30. The first-order valence-corrected chi connectivity index (χ1v) is 23.3. The highest BCUT2D eigenvalue weighted by Gasteiger charge is 2.20. The molecule has 2 aliphatic rings. The molecule has 6 aromatic rings. The Bertz CT molecular complexity index is 2800. The van der Waals surface area contributed by atoms with Gasteiger partial charge in [-0.15, -0.1) is 0 Å². The minimum absolute atomic E-state index is 0. The van der Waals surface area contributed by atoms with Crippen LogP contribution < -0.4 is 21.3 Å². The Balaban J connectivity index is 0.000000247. The number of carbonyl (C=O) groups is 4.